The van der Waals surface area contributed by atoms with Gasteiger partial charge >= 0.3 is 0 Å². The Balaban J connectivity index is 1.99. The van der Waals surface area contributed by atoms with Crippen LogP contribution >= 0.6 is 11.6 Å². The number of rotatable bonds is 6. The zero-order chi connectivity index (χ0) is 21.2. The van der Waals surface area contributed by atoms with Gasteiger partial charge in [0, 0.05) is 22.2 Å². The molecular formula is C20H15ClN2O5S. The molecular weight excluding hydrogens is 416 g/mol. The number of nitrogens with zero attached hydrogens (tertiary/aromatic N) is 1. The molecule has 0 aliphatic heterocycles. The fourth-order valence-electron chi connectivity index (χ4n) is 2.61. The van der Waals surface area contributed by atoms with Gasteiger partial charge in [-0.25, -0.2) is 8.42 Å². The van der Waals surface area contributed by atoms with Crippen molar-refractivity contribution < 1.29 is 22.7 Å². The van der Waals surface area contributed by atoms with Crippen LogP contribution < -0.4 is 9.45 Å². The molecule has 0 saturated heterocycles. The minimum atomic E-state index is -4.04. The van der Waals surface area contributed by atoms with Crippen molar-refractivity contribution in [1.29, 1.82) is 0 Å². The number of hydrogen-bond acceptors (Lipinski definition) is 5. The largest absolute Gasteiger partial charge is 0.619 e. The fourth-order valence-corrected chi connectivity index (χ4v) is 3.86. The third-order valence-electron chi connectivity index (χ3n) is 4.08. The quantitative estimate of drug-likeness (QED) is 0.367. The fraction of sp³-hybridized carbons (Fsp3) is 0.0500. The summed E-state index contributed by atoms with van der Waals surface area (Å²) in [5, 5.41) is 11.7. The maximum Gasteiger partial charge on any atom is 0.261 e. The summed E-state index contributed by atoms with van der Waals surface area (Å²) < 4.78 is 28.3. The maximum atomic E-state index is 12.8. The van der Waals surface area contributed by atoms with Gasteiger partial charge < -0.3 is 5.21 Å². The van der Waals surface area contributed by atoms with Gasteiger partial charge in [-0.1, -0.05) is 23.7 Å². The van der Waals surface area contributed by atoms with E-state index in [1.807, 2.05) is 0 Å². The number of carbonyl (C=O) groups is 2. The first kappa shape index (κ1) is 20.5. The summed E-state index contributed by atoms with van der Waals surface area (Å²) in [5.41, 5.74) is 0.460. The molecule has 0 bridgehead atoms. The second kappa shape index (κ2) is 8.02. The van der Waals surface area contributed by atoms with Crippen molar-refractivity contribution in [2.75, 3.05) is 4.72 Å². The van der Waals surface area contributed by atoms with E-state index in [4.69, 9.17) is 11.6 Å². The van der Waals surface area contributed by atoms with Gasteiger partial charge in [-0.2, -0.15) is 4.73 Å². The van der Waals surface area contributed by atoms with Gasteiger partial charge in [-0.15, -0.1) is 0 Å². The highest BCUT2D eigenvalue weighted by Gasteiger charge is 2.21. The van der Waals surface area contributed by atoms with Crippen LogP contribution in [-0.4, -0.2) is 20.0 Å². The van der Waals surface area contributed by atoms with Crippen molar-refractivity contribution in [1.82, 2.24) is 0 Å². The SMILES string of the molecule is CC(=O)c1ccc(S(=O)(=O)Nc2ccc(Cl)cc2C(=O)c2ccc[n+]([O-])c2)cc1. The predicted octanol–water partition coefficient (Wildman–Crippen LogP) is 3.21. The Morgan fingerprint density at radius 1 is 1.03 bits per heavy atom. The number of anilines is 1. The van der Waals surface area contributed by atoms with E-state index in [-0.39, 0.29) is 32.5 Å². The molecule has 7 nitrogen and oxygen atoms in total. The molecule has 0 aliphatic rings. The van der Waals surface area contributed by atoms with E-state index in [1.54, 1.807) is 0 Å². The van der Waals surface area contributed by atoms with Gasteiger partial charge in [0.15, 0.2) is 18.2 Å². The Hall–Kier alpha value is -3.23. The van der Waals surface area contributed by atoms with E-state index >= 15 is 0 Å². The van der Waals surface area contributed by atoms with Crippen LogP contribution in [0.5, 0.6) is 0 Å². The van der Waals surface area contributed by atoms with E-state index in [0.29, 0.717) is 10.3 Å². The highest BCUT2D eigenvalue weighted by Crippen LogP contribution is 2.26. The number of halogens is 1. The molecule has 2 aromatic carbocycles. The van der Waals surface area contributed by atoms with Crippen molar-refractivity contribution in [3.63, 3.8) is 0 Å². The van der Waals surface area contributed by atoms with Crippen molar-refractivity contribution in [2.24, 2.45) is 0 Å². The van der Waals surface area contributed by atoms with Gasteiger partial charge in [0.05, 0.1) is 16.1 Å². The van der Waals surface area contributed by atoms with E-state index in [1.165, 1.54) is 67.7 Å². The Bertz CT molecular complexity index is 1210. The number of ketones is 2. The van der Waals surface area contributed by atoms with Crippen LogP contribution in [-0.2, 0) is 10.0 Å². The number of sulfonamides is 1. The summed E-state index contributed by atoms with van der Waals surface area (Å²) in [6.45, 7) is 1.38. The van der Waals surface area contributed by atoms with E-state index in [2.05, 4.69) is 4.72 Å². The van der Waals surface area contributed by atoms with Gasteiger partial charge in [0.1, 0.15) is 0 Å². The minimum Gasteiger partial charge on any atom is -0.619 e. The lowest BCUT2D eigenvalue weighted by Crippen LogP contribution is -2.26. The standard InChI is InChI=1S/C20H15ClN2O5S/c1-13(24)14-4-7-17(8-5-14)29(27,28)22-19-9-6-16(21)11-18(19)20(25)15-3-2-10-23(26)12-15/h2-12,22H,1H3. The zero-order valence-corrected chi connectivity index (χ0v) is 16.7. The number of carbonyl (C=O) groups excluding carboxylic acids is 2. The molecule has 0 atom stereocenters. The first-order valence-corrected chi connectivity index (χ1v) is 10.2. The molecule has 0 amide bonds. The van der Waals surface area contributed by atoms with Gasteiger partial charge in [-0.3, -0.25) is 14.3 Å². The zero-order valence-electron chi connectivity index (χ0n) is 15.1. The summed E-state index contributed by atoms with van der Waals surface area (Å²) in [7, 11) is -4.04. The third-order valence-corrected chi connectivity index (χ3v) is 5.70. The van der Waals surface area contributed by atoms with Crippen LogP contribution in [0.15, 0.2) is 71.9 Å². The molecule has 0 fully saturated rings. The molecule has 3 rings (SSSR count). The molecule has 0 saturated carbocycles. The number of benzene rings is 2. The first-order chi connectivity index (χ1) is 13.7. The molecule has 9 heteroatoms. The van der Waals surface area contributed by atoms with Gasteiger partial charge in [0.25, 0.3) is 10.0 Å². The van der Waals surface area contributed by atoms with Crippen LogP contribution in [0.4, 0.5) is 5.69 Å². The summed E-state index contributed by atoms with van der Waals surface area (Å²) in [5.74, 6) is -0.756. The molecule has 3 aromatic rings. The lowest BCUT2D eigenvalue weighted by molar-refractivity contribution is -0.605. The molecule has 0 unspecified atom stereocenters. The second-order valence-corrected chi connectivity index (χ2v) is 8.28. The number of hydrogen-bond donors (Lipinski definition) is 1. The molecule has 0 spiro atoms. The average Bonchev–Trinajstić information content (AvgIpc) is 2.68. The van der Waals surface area contributed by atoms with Crippen molar-refractivity contribution in [3.05, 3.63) is 93.9 Å². The molecule has 0 aliphatic carbocycles. The number of aromatic nitrogens is 1. The van der Waals surface area contributed by atoms with E-state index in [9.17, 15) is 23.2 Å². The normalized spacial score (nSPS) is 11.1. The monoisotopic (exact) mass is 430 g/mol. The van der Waals surface area contributed by atoms with Crippen molar-refractivity contribution in [3.8, 4) is 0 Å². The molecule has 1 aromatic heterocycles. The van der Waals surface area contributed by atoms with Crippen molar-refractivity contribution >= 4 is 38.9 Å². The average molecular weight is 431 g/mol. The van der Waals surface area contributed by atoms with E-state index in [0.717, 1.165) is 6.20 Å². The predicted molar refractivity (Wildman–Crippen MR) is 108 cm³/mol. The van der Waals surface area contributed by atoms with Gasteiger partial charge in [-0.05, 0) is 43.3 Å². The maximum absolute atomic E-state index is 12.8. The summed E-state index contributed by atoms with van der Waals surface area (Å²) in [4.78, 5) is 24.1. The Morgan fingerprint density at radius 3 is 2.34 bits per heavy atom. The van der Waals surface area contributed by atoms with E-state index < -0.39 is 15.8 Å². The Labute approximate surface area is 172 Å². The van der Waals surface area contributed by atoms with Crippen LogP contribution in [0.3, 0.4) is 0 Å². The topological polar surface area (TPSA) is 107 Å². The van der Waals surface area contributed by atoms with Crippen molar-refractivity contribution in [2.45, 2.75) is 11.8 Å². The number of Topliss-reactive ketones (excluding diaryl/α,β-unsaturated/α-hetero) is 1. The highest BCUT2D eigenvalue weighted by atomic mass is 35.5. The lowest BCUT2D eigenvalue weighted by atomic mass is 10.0. The Kier molecular flexibility index (Phi) is 5.67. The number of nitrogens with one attached hydrogen (secondary N) is 1. The first-order valence-electron chi connectivity index (χ1n) is 8.34. The second-order valence-electron chi connectivity index (χ2n) is 6.16. The molecule has 29 heavy (non-hydrogen) atoms. The molecule has 1 heterocycles. The number of pyridine rings is 1. The third kappa shape index (κ3) is 4.61. The van der Waals surface area contributed by atoms with Crippen LogP contribution in [0.25, 0.3) is 0 Å². The minimum absolute atomic E-state index is 0.00682. The molecule has 148 valence electrons. The van der Waals surface area contributed by atoms with Crippen LogP contribution in [0, 0.1) is 5.21 Å². The summed E-state index contributed by atoms with van der Waals surface area (Å²) >= 11 is 5.99. The van der Waals surface area contributed by atoms with Gasteiger partial charge in [0.2, 0.25) is 5.78 Å². The van der Waals surface area contributed by atoms with Crippen LogP contribution in [0.1, 0.15) is 33.2 Å². The molecule has 1 N–H and O–H groups in total. The summed E-state index contributed by atoms with van der Waals surface area (Å²) in [6, 6.07) is 12.4. The molecule has 0 radical (unpaired) electrons. The highest BCUT2D eigenvalue weighted by molar-refractivity contribution is 7.92. The Morgan fingerprint density at radius 2 is 1.72 bits per heavy atom. The lowest BCUT2D eigenvalue weighted by Gasteiger charge is -2.13. The summed E-state index contributed by atoms with van der Waals surface area (Å²) in [6.07, 6.45) is 2.31. The smallest absolute Gasteiger partial charge is 0.261 e. The van der Waals surface area contributed by atoms with Crippen LogP contribution in [0.2, 0.25) is 5.02 Å².